The Labute approximate surface area is 108 Å². The highest BCUT2D eigenvalue weighted by atomic mass is 16.6. The van der Waals surface area contributed by atoms with Gasteiger partial charge in [0.25, 0.3) is 0 Å². The van der Waals surface area contributed by atoms with E-state index >= 15 is 0 Å². The van der Waals surface area contributed by atoms with Crippen molar-refractivity contribution >= 4 is 11.9 Å². The van der Waals surface area contributed by atoms with Gasteiger partial charge in [0, 0.05) is 5.92 Å². The summed E-state index contributed by atoms with van der Waals surface area (Å²) in [5.74, 6) is 1.31. The Morgan fingerprint density at radius 2 is 1.72 bits per heavy atom. The Morgan fingerprint density at radius 3 is 2.22 bits per heavy atom. The van der Waals surface area contributed by atoms with Crippen LogP contribution in [0.3, 0.4) is 0 Å². The molecule has 0 spiro atoms. The summed E-state index contributed by atoms with van der Waals surface area (Å²) in [6, 6.07) is -0.561. The second kappa shape index (κ2) is 4.56. The molecule has 0 saturated heterocycles. The van der Waals surface area contributed by atoms with Crippen molar-refractivity contribution < 1.29 is 14.3 Å². The van der Waals surface area contributed by atoms with Gasteiger partial charge in [0.1, 0.15) is 11.6 Å². The van der Waals surface area contributed by atoms with Gasteiger partial charge in [-0.3, -0.25) is 4.79 Å². The number of hydrogen-bond acceptors (Lipinski definition) is 3. The minimum Gasteiger partial charge on any atom is -0.458 e. The minimum atomic E-state index is -0.561. The summed E-state index contributed by atoms with van der Waals surface area (Å²) in [6.45, 7) is 7.15. The summed E-state index contributed by atoms with van der Waals surface area (Å²) < 4.78 is 5.24. The highest BCUT2D eigenvalue weighted by Gasteiger charge is 2.48. The Hall–Kier alpha value is -1.06. The van der Waals surface area contributed by atoms with Crippen molar-refractivity contribution in [1.82, 2.24) is 5.32 Å². The summed E-state index contributed by atoms with van der Waals surface area (Å²) in [5, 5.41) is 2.77. The molecular formula is C14H23NO3. The Kier molecular flexibility index (Phi) is 3.39. The predicted molar refractivity (Wildman–Crippen MR) is 67.8 cm³/mol. The molecule has 4 heteroatoms. The fourth-order valence-corrected chi connectivity index (χ4v) is 2.71. The van der Waals surface area contributed by atoms with Gasteiger partial charge in [0.2, 0.25) is 5.91 Å². The lowest BCUT2D eigenvalue weighted by Crippen LogP contribution is -2.44. The molecule has 1 N–H and O–H groups in total. The number of hydrogen-bond donors (Lipinski definition) is 1. The fourth-order valence-electron chi connectivity index (χ4n) is 2.71. The molecule has 4 nitrogen and oxygen atoms in total. The molecule has 2 unspecified atom stereocenters. The van der Waals surface area contributed by atoms with E-state index in [9.17, 15) is 9.59 Å². The van der Waals surface area contributed by atoms with E-state index < -0.39 is 11.6 Å². The monoisotopic (exact) mass is 253 g/mol. The minimum absolute atomic E-state index is 0.0144. The van der Waals surface area contributed by atoms with Crippen LogP contribution < -0.4 is 5.32 Å². The number of carbonyl (C=O) groups is 2. The van der Waals surface area contributed by atoms with Crippen LogP contribution in [-0.2, 0) is 14.3 Å². The van der Waals surface area contributed by atoms with E-state index in [1.54, 1.807) is 6.92 Å². The lowest BCUT2D eigenvalue weighted by molar-refractivity contribution is -0.158. The summed E-state index contributed by atoms with van der Waals surface area (Å²) in [6.07, 6.45) is 3.29. The first-order valence-electron chi connectivity index (χ1n) is 6.79. The molecule has 2 aliphatic carbocycles. The highest BCUT2D eigenvalue weighted by molar-refractivity contribution is 5.85. The van der Waals surface area contributed by atoms with Crippen LogP contribution in [0.2, 0.25) is 0 Å². The molecule has 2 saturated carbocycles. The molecule has 0 aliphatic heterocycles. The maximum absolute atomic E-state index is 12.0. The second-order valence-corrected chi connectivity index (χ2v) is 6.69. The van der Waals surface area contributed by atoms with Crippen LogP contribution in [0.25, 0.3) is 0 Å². The molecule has 18 heavy (non-hydrogen) atoms. The van der Waals surface area contributed by atoms with Crippen molar-refractivity contribution in [2.75, 3.05) is 0 Å². The third kappa shape index (κ3) is 3.24. The van der Waals surface area contributed by atoms with Gasteiger partial charge >= 0.3 is 5.97 Å². The second-order valence-electron chi connectivity index (χ2n) is 6.69. The zero-order valence-corrected chi connectivity index (χ0v) is 11.7. The molecule has 0 radical (unpaired) electrons. The number of fused-ring (bicyclic) bond motifs is 1. The van der Waals surface area contributed by atoms with Gasteiger partial charge in [-0.25, -0.2) is 4.79 Å². The molecule has 0 bridgehead atoms. The van der Waals surface area contributed by atoms with Crippen LogP contribution in [0.4, 0.5) is 0 Å². The summed E-state index contributed by atoms with van der Waals surface area (Å²) in [5.41, 5.74) is -0.509. The molecule has 3 atom stereocenters. The molecule has 102 valence electrons. The van der Waals surface area contributed by atoms with Gasteiger partial charge in [-0.1, -0.05) is 0 Å². The van der Waals surface area contributed by atoms with Gasteiger partial charge in [0.15, 0.2) is 0 Å². The Bertz CT molecular complexity index is 349. The van der Waals surface area contributed by atoms with Crippen molar-refractivity contribution in [2.45, 2.75) is 58.6 Å². The van der Waals surface area contributed by atoms with E-state index in [1.807, 2.05) is 20.8 Å². The number of amides is 1. The molecule has 0 aromatic carbocycles. The van der Waals surface area contributed by atoms with E-state index in [1.165, 1.54) is 6.42 Å². The lowest BCUT2D eigenvalue weighted by Gasteiger charge is -2.23. The number of esters is 1. The normalized spacial score (nSPS) is 31.4. The number of nitrogens with one attached hydrogen (secondary N) is 1. The maximum Gasteiger partial charge on any atom is 0.328 e. The van der Waals surface area contributed by atoms with Crippen LogP contribution in [0.5, 0.6) is 0 Å². The maximum atomic E-state index is 12.0. The van der Waals surface area contributed by atoms with Crippen molar-refractivity contribution in [3.05, 3.63) is 0 Å². The van der Waals surface area contributed by atoms with Crippen LogP contribution in [0.1, 0.15) is 47.0 Å². The van der Waals surface area contributed by atoms with Gasteiger partial charge in [-0.05, 0) is 58.8 Å². The standard InChI is InChI=1S/C14H23NO3/c1-8(13(17)18-14(2,3)4)15-12(16)11-6-9-5-10(9)7-11/h8-11H,5-7H2,1-4H3,(H,15,16)/t8-,9?,10?,11?/m1/s1. The van der Waals surface area contributed by atoms with Gasteiger partial charge < -0.3 is 10.1 Å². The predicted octanol–water partition coefficient (Wildman–Crippen LogP) is 1.88. The molecule has 2 aliphatic rings. The number of carbonyl (C=O) groups excluding carboxylic acids is 2. The first-order chi connectivity index (χ1) is 8.26. The van der Waals surface area contributed by atoms with Crippen molar-refractivity contribution in [3.8, 4) is 0 Å². The molecule has 0 aromatic rings. The lowest BCUT2D eigenvalue weighted by atomic mass is 10.0. The van der Waals surface area contributed by atoms with Crippen LogP contribution in [0, 0.1) is 17.8 Å². The van der Waals surface area contributed by atoms with E-state index in [0.29, 0.717) is 0 Å². The van der Waals surface area contributed by atoms with Crippen molar-refractivity contribution in [1.29, 1.82) is 0 Å². The van der Waals surface area contributed by atoms with Crippen molar-refractivity contribution in [2.24, 2.45) is 17.8 Å². The molecule has 0 aromatic heterocycles. The topological polar surface area (TPSA) is 55.4 Å². The van der Waals surface area contributed by atoms with Crippen LogP contribution >= 0.6 is 0 Å². The molecule has 1 amide bonds. The van der Waals surface area contributed by atoms with E-state index in [-0.39, 0.29) is 17.8 Å². The molecule has 0 heterocycles. The van der Waals surface area contributed by atoms with Gasteiger partial charge in [-0.2, -0.15) is 0 Å². The molecule has 2 fully saturated rings. The Balaban J connectivity index is 1.77. The number of ether oxygens (including phenoxy) is 1. The summed E-state index contributed by atoms with van der Waals surface area (Å²) in [7, 11) is 0. The third-order valence-electron chi connectivity index (χ3n) is 3.73. The van der Waals surface area contributed by atoms with E-state index in [4.69, 9.17) is 4.74 Å². The third-order valence-corrected chi connectivity index (χ3v) is 3.73. The quantitative estimate of drug-likeness (QED) is 0.781. The van der Waals surface area contributed by atoms with Gasteiger partial charge in [-0.15, -0.1) is 0 Å². The zero-order chi connectivity index (χ0) is 13.5. The number of rotatable bonds is 3. The van der Waals surface area contributed by atoms with E-state index in [2.05, 4.69) is 5.32 Å². The Morgan fingerprint density at radius 1 is 1.17 bits per heavy atom. The largest absolute Gasteiger partial charge is 0.458 e. The average molecular weight is 253 g/mol. The van der Waals surface area contributed by atoms with E-state index in [0.717, 1.165) is 24.7 Å². The fraction of sp³-hybridized carbons (Fsp3) is 0.857. The van der Waals surface area contributed by atoms with Gasteiger partial charge in [0.05, 0.1) is 0 Å². The first-order valence-corrected chi connectivity index (χ1v) is 6.79. The summed E-state index contributed by atoms with van der Waals surface area (Å²) >= 11 is 0. The first kappa shape index (κ1) is 13.4. The van der Waals surface area contributed by atoms with Crippen molar-refractivity contribution in [3.63, 3.8) is 0 Å². The molecule has 2 rings (SSSR count). The smallest absolute Gasteiger partial charge is 0.328 e. The zero-order valence-electron chi connectivity index (χ0n) is 11.7. The SMILES string of the molecule is C[C@@H](NC(=O)C1CC2CC2C1)C(=O)OC(C)(C)C. The summed E-state index contributed by atoms with van der Waals surface area (Å²) in [4.78, 5) is 23.7. The van der Waals surface area contributed by atoms with Crippen LogP contribution in [-0.4, -0.2) is 23.5 Å². The van der Waals surface area contributed by atoms with Crippen LogP contribution in [0.15, 0.2) is 0 Å². The average Bonchev–Trinajstić information content (AvgIpc) is 2.83. The highest BCUT2D eigenvalue weighted by Crippen LogP contribution is 2.54. The molecular weight excluding hydrogens is 230 g/mol.